The van der Waals surface area contributed by atoms with Gasteiger partial charge in [-0.3, -0.25) is 14.6 Å². The fourth-order valence-corrected chi connectivity index (χ4v) is 2.13. The minimum Gasteiger partial charge on any atom is -0.366 e. The second-order valence-corrected chi connectivity index (χ2v) is 4.91. The van der Waals surface area contributed by atoms with Gasteiger partial charge in [0.15, 0.2) is 0 Å². The second-order valence-electron chi connectivity index (χ2n) is 4.91. The molecule has 0 saturated heterocycles. The lowest BCUT2D eigenvalue weighted by Crippen LogP contribution is -2.11. The van der Waals surface area contributed by atoms with Crippen LogP contribution in [0.5, 0.6) is 0 Å². The average Bonchev–Trinajstić information content (AvgIpc) is 2.55. The van der Waals surface area contributed by atoms with Crippen LogP contribution in [0.4, 0.5) is 11.6 Å². The predicted molar refractivity (Wildman–Crippen MR) is 88.5 cm³/mol. The molecule has 1 heterocycles. The van der Waals surface area contributed by atoms with Crippen LogP contribution < -0.4 is 16.6 Å². The number of carbonyl (C=O) groups is 1. The Morgan fingerprint density at radius 3 is 2.39 bits per heavy atom. The third-order valence-corrected chi connectivity index (χ3v) is 3.24. The molecule has 2 aromatic carbocycles. The van der Waals surface area contributed by atoms with Gasteiger partial charge < -0.3 is 11.1 Å². The molecule has 0 unspecified atom stereocenters. The molecular weight excluding hydrogens is 292 g/mol. The van der Waals surface area contributed by atoms with Crippen molar-refractivity contribution in [2.24, 2.45) is 5.73 Å². The van der Waals surface area contributed by atoms with Crippen molar-refractivity contribution in [2.45, 2.75) is 0 Å². The van der Waals surface area contributed by atoms with Gasteiger partial charge in [0.2, 0.25) is 11.9 Å². The Hall–Kier alpha value is -3.41. The number of primary amides is 1. The smallest absolute Gasteiger partial charge is 0.252 e. The van der Waals surface area contributed by atoms with Gasteiger partial charge in [-0.25, -0.2) is 4.98 Å². The highest BCUT2D eigenvalue weighted by Gasteiger charge is 2.05. The maximum atomic E-state index is 11.8. The minimum atomic E-state index is -0.492. The molecule has 6 nitrogen and oxygen atoms in total. The average molecular weight is 306 g/mol. The molecule has 1 aromatic heterocycles. The number of H-pyrrole nitrogens is 1. The summed E-state index contributed by atoms with van der Waals surface area (Å²) in [6.07, 6.45) is 0. The van der Waals surface area contributed by atoms with E-state index in [0.717, 1.165) is 5.56 Å². The van der Waals surface area contributed by atoms with Crippen molar-refractivity contribution in [1.82, 2.24) is 9.97 Å². The van der Waals surface area contributed by atoms with Gasteiger partial charge in [-0.2, -0.15) is 0 Å². The zero-order valence-electron chi connectivity index (χ0n) is 12.1. The first-order valence-corrected chi connectivity index (χ1v) is 6.95. The van der Waals surface area contributed by atoms with Crippen LogP contribution in [0.25, 0.3) is 11.3 Å². The van der Waals surface area contributed by atoms with Gasteiger partial charge in [0.1, 0.15) is 0 Å². The van der Waals surface area contributed by atoms with E-state index in [1.165, 1.54) is 6.07 Å². The number of anilines is 2. The van der Waals surface area contributed by atoms with Crippen LogP contribution in [0.3, 0.4) is 0 Å². The quantitative estimate of drug-likeness (QED) is 0.688. The Balaban J connectivity index is 1.90. The van der Waals surface area contributed by atoms with Crippen LogP contribution in [-0.4, -0.2) is 15.9 Å². The van der Waals surface area contributed by atoms with Crippen LogP contribution in [0.15, 0.2) is 65.5 Å². The van der Waals surface area contributed by atoms with Gasteiger partial charge in [-0.15, -0.1) is 0 Å². The van der Waals surface area contributed by atoms with E-state index in [4.69, 9.17) is 5.73 Å². The molecular formula is C17H14N4O2. The summed E-state index contributed by atoms with van der Waals surface area (Å²) in [6, 6.07) is 17.5. The van der Waals surface area contributed by atoms with Crippen molar-refractivity contribution < 1.29 is 4.79 Å². The minimum absolute atomic E-state index is 0.255. The summed E-state index contributed by atoms with van der Waals surface area (Å²) in [5.41, 5.74) is 7.47. The van der Waals surface area contributed by atoms with Gasteiger partial charge in [-0.1, -0.05) is 30.3 Å². The Kier molecular flexibility index (Phi) is 3.88. The van der Waals surface area contributed by atoms with Crippen molar-refractivity contribution in [3.05, 3.63) is 76.6 Å². The van der Waals surface area contributed by atoms with Crippen LogP contribution in [-0.2, 0) is 0 Å². The highest BCUT2D eigenvalue weighted by Crippen LogP contribution is 2.18. The fraction of sp³-hybridized carbons (Fsp3) is 0. The van der Waals surface area contributed by atoms with E-state index >= 15 is 0 Å². The van der Waals surface area contributed by atoms with E-state index in [2.05, 4.69) is 15.3 Å². The monoisotopic (exact) mass is 306 g/mol. The summed E-state index contributed by atoms with van der Waals surface area (Å²) in [7, 11) is 0. The zero-order valence-corrected chi connectivity index (χ0v) is 12.1. The fourth-order valence-electron chi connectivity index (χ4n) is 2.13. The van der Waals surface area contributed by atoms with Gasteiger partial charge in [0, 0.05) is 22.9 Å². The molecule has 3 aromatic rings. The van der Waals surface area contributed by atoms with Gasteiger partial charge in [0.25, 0.3) is 5.56 Å². The first kappa shape index (κ1) is 14.5. The van der Waals surface area contributed by atoms with Gasteiger partial charge in [-0.05, 0) is 24.3 Å². The molecule has 0 radical (unpaired) electrons. The molecule has 0 aliphatic rings. The normalized spacial score (nSPS) is 10.3. The largest absolute Gasteiger partial charge is 0.366 e. The predicted octanol–water partition coefficient (Wildman–Crippen LogP) is 2.28. The zero-order chi connectivity index (χ0) is 16.2. The molecule has 114 valence electrons. The first-order valence-electron chi connectivity index (χ1n) is 6.95. The molecule has 0 atom stereocenters. The van der Waals surface area contributed by atoms with Crippen molar-refractivity contribution in [3.8, 4) is 11.3 Å². The Labute approximate surface area is 132 Å². The molecule has 0 aliphatic carbocycles. The van der Waals surface area contributed by atoms with E-state index in [-0.39, 0.29) is 5.56 Å². The molecule has 0 aliphatic heterocycles. The van der Waals surface area contributed by atoms with Crippen LogP contribution >= 0.6 is 0 Å². The molecule has 0 bridgehead atoms. The van der Waals surface area contributed by atoms with E-state index in [9.17, 15) is 9.59 Å². The first-order chi connectivity index (χ1) is 11.1. The molecule has 0 spiro atoms. The topological polar surface area (TPSA) is 101 Å². The molecule has 23 heavy (non-hydrogen) atoms. The maximum absolute atomic E-state index is 11.8. The van der Waals surface area contributed by atoms with Gasteiger partial charge in [0.05, 0.1) is 5.69 Å². The van der Waals surface area contributed by atoms with E-state index in [0.29, 0.717) is 22.9 Å². The Morgan fingerprint density at radius 2 is 1.74 bits per heavy atom. The number of hydrogen-bond acceptors (Lipinski definition) is 4. The van der Waals surface area contributed by atoms with E-state index < -0.39 is 5.91 Å². The Bertz CT molecular complexity index is 886. The summed E-state index contributed by atoms with van der Waals surface area (Å²) in [5.74, 6) is -0.169. The van der Waals surface area contributed by atoms with E-state index in [1.807, 2.05) is 30.3 Å². The highest BCUT2D eigenvalue weighted by molar-refractivity contribution is 5.93. The number of benzene rings is 2. The summed E-state index contributed by atoms with van der Waals surface area (Å²) in [4.78, 5) is 29.9. The lowest BCUT2D eigenvalue weighted by molar-refractivity contribution is 0.100. The summed E-state index contributed by atoms with van der Waals surface area (Å²) in [6.45, 7) is 0. The number of aromatic nitrogens is 2. The van der Waals surface area contributed by atoms with Gasteiger partial charge >= 0.3 is 0 Å². The summed E-state index contributed by atoms with van der Waals surface area (Å²) < 4.78 is 0. The van der Waals surface area contributed by atoms with Crippen molar-refractivity contribution >= 4 is 17.5 Å². The number of nitrogens with zero attached hydrogens (tertiary/aromatic N) is 1. The van der Waals surface area contributed by atoms with E-state index in [1.54, 1.807) is 24.3 Å². The highest BCUT2D eigenvalue weighted by atomic mass is 16.1. The molecule has 0 saturated carbocycles. The van der Waals surface area contributed by atoms with Crippen LogP contribution in [0.1, 0.15) is 10.4 Å². The second kappa shape index (κ2) is 6.15. The standard InChI is InChI=1S/C17H14N4O2/c18-16(23)12-6-8-13(9-7-12)19-17-20-14(10-15(22)21-17)11-4-2-1-3-5-11/h1-10H,(H2,18,23)(H2,19,20,21,22). The van der Waals surface area contributed by atoms with Crippen molar-refractivity contribution in [1.29, 1.82) is 0 Å². The SMILES string of the molecule is NC(=O)c1ccc(Nc2nc(-c3ccccc3)cc(=O)[nH]2)cc1. The lowest BCUT2D eigenvalue weighted by Gasteiger charge is -2.07. The summed E-state index contributed by atoms with van der Waals surface area (Å²) in [5, 5.41) is 3.00. The number of amides is 1. The third kappa shape index (κ3) is 3.44. The van der Waals surface area contributed by atoms with Crippen molar-refractivity contribution in [2.75, 3.05) is 5.32 Å². The lowest BCUT2D eigenvalue weighted by atomic mass is 10.1. The third-order valence-electron chi connectivity index (χ3n) is 3.24. The molecule has 6 heteroatoms. The van der Waals surface area contributed by atoms with Crippen LogP contribution in [0.2, 0.25) is 0 Å². The number of carbonyl (C=O) groups excluding carboxylic acids is 1. The maximum Gasteiger partial charge on any atom is 0.252 e. The molecule has 4 N–H and O–H groups in total. The number of hydrogen-bond donors (Lipinski definition) is 3. The molecule has 0 fully saturated rings. The number of rotatable bonds is 4. The number of nitrogens with two attached hydrogens (primary N) is 1. The Morgan fingerprint density at radius 1 is 1.04 bits per heavy atom. The molecule has 1 amide bonds. The number of aromatic amines is 1. The summed E-state index contributed by atoms with van der Waals surface area (Å²) >= 11 is 0. The van der Waals surface area contributed by atoms with Crippen molar-refractivity contribution in [3.63, 3.8) is 0 Å². The van der Waals surface area contributed by atoms with Crippen LogP contribution in [0, 0.1) is 0 Å². The number of nitrogens with one attached hydrogen (secondary N) is 2. The molecule has 3 rings (SSSR count).